The molecule has 2 fully saturated rings. The maximum absolute atomic E-state index is 12.4. The highest BCUT2D eigenvalue weighted by atomic mass is 16.5. The topological polar surface area (TPSA) is 62.5 Å². The standard InChI is InChI=1S/C20H34N4O2/c1-15(2)7-11-24-14-20(9-6-18(24)25)8-5-10-23(13-20)12-17-21-19(16(3)4)22-26-17/h15-16H,5-14H2,1-4H3/t20-/m0/s1. The number of aromatic nitrogens is 2. The van der Waals surface area contributed by atoms with Crippen LogP contribution in [0.3, 0.4) is 0 Å². The Hall–Kier alpha value is -1.43. The summed E-state index contributed by atoms with van der Waals surface area (Å²) in [4.78, 5) is 21.4. The van der Waals surface area contributed by atoms with Crippen LogP contribution in [0.2, 0.25) is 0 Å². The fraction of sp³-hybridized carbons (Fsp3) is 0.850. The molecule has 1 atom stereocenters. The van der Waals surface area contributed by atoms with Gasteiger partial charge in [-0.1, -0.05) is 32.9 Å². The van der Waals surface area contributed by atoms with Gasteiger partial charge in [-0.2, -0.15) is 4.98 Å². The Morgan fingerprint density at radius 3 is 2.69 bits per heavy atom. The largest absolute Gasteiger partial charge is 0.342 e. The summed E-state index contributed by atoms with van der Waals surface area (Å²) < 4.78 is 5.44. The number of hydrogen-bond acceptors (Lipinski definition) is 5. The van der Waals surface area contributed by atoms with E-state index in [4.69, 9.17) is 4.52 Å². The molecule has 2 saturated heterocycles. The van der Waals surface area contributed by atoms with E-state index in [0.29, 0.717) is 30.1 Å². The maximum atomic E-state index is 12.4. The van der Waals surface area contributed by atoms with Crippen molar-refractivity contribution in [2.45, 2.75) is 72.3 Å². The van der Waals surface area contributed by atoms with Gasteiger partial charge >= 0.3 is 0 Å². The second-order valence-electron chi connectivity index (χ2n) is 9.01. The van der Waals surface area contributed by atoms with Crippen molar-refractivity contribution in [3.63, 3.8) is 0 Å². The fourth-order valence-corrected chi connectivity index (χ4v) is 4.26. The summed E-state index contributed by atoms with van der Waals surface area (Å²) in [6.07, 6.45) is 5.20. The summed E-state index contributed by atoms with van der Waals surface area (Å²) >= 11 is 0. The van der Waals surface area contributed by atoms with Crippen LogP contribution >= 0.6 is 0 Å². The lowest BCUT2D eigenvalue weighted by molar-refractivity contribution is -0.139. The van der Waals surface area contributed by atoms with Crippen molar-refractivity contribution in [3.8, 4) is 0 Å². The summed E-state index contributed by atoms with van der Waals surface area (Å²) in [6.45, 7) is 13.2. The van der Waals surface area contributed by atoms with Gasteiger partial charge in [0.1, 0.15) is 0 Å². The Morgan fingerprint density at radius 2 is 2.00 bits per heavy atom. The quantitative estimate of drug-likeness (QED) is 0.776. The number of piperidine rings is 2. The van der Waals surface area contributed by atoms with E-state index in [0.717, 1.165) is 51.4 Å². The van der Waals surface area contributed by atoms with Crippen molar-refractivity contribution in [1.29, 1.82) is 0 Å². The van der Waals surface area contributed by atoms with Crippen LogP contribution in [0, 0.1) is 11.3 Å². The molecule has 3 rings (SSSR count). The lowest BCUT2D eigenvalue weighted by Gasteiger charge is -2.48. The summed E-state index contributed by atoms with van der Waals surface area (Å²) in [6, 6.07) is 0. The second-order valence-corrected chi connectivity index (χ2v) is 9.01. The molecule has 6 nitrogen and oxygen atoms in total. The van der Waals surface area contributed by atoms with Gasteiger partial charge in [0.2, 0.25) is 11.8 Å². The number of rotatable bonds is 6. The van der Waals surface area contributed by atoms with Crippen molar-refractivity contribution in [2.24, 2.45) is 11.3 Å². The molecule has 2 aliphatic heterocycles. The van der Waals surface area contributed by atoms with Gasteiger partial charge in [0.25, 0.3) is 0 Å². The zero-order chi connectivity index (χ0) is 18.7. The van der Waals surface area contributed by atoms with Gasteiger partial charge in [0.15, 0.2) is 5.82 Å². The Bertz CT molecular complexity index is 613. The van der Waals surface area contributed by atoms with E-state index in [1.54, 1.807) is 0 Å². The summed E-state index contributed by atoms with van der Waals surface area (Å²) in [5, 5.41) is 4.08. The first-order valence-electron chi connectivity index (χ1n) is 10.2. The van der Waals surface area contributed by atoms with Gasteiger partial charge in [-0.3, -0.25) is 9.69 Å². The van der Waals surface area contributed by atoms with Crippen LogP contribution in [0.5, 0.6) is 0 Å². The van der Waals surface area contributed by atoms with Crippen molar-refractivity contribution in [3.05, 3.63) is 11.7 Å². The number of amides is 1. The van der Waals surface area contributed by atoms with Crippen molar-refractivity contribution in [1.82, 2.24) is 19.9 Å². The van der Waals surface area contributed by atoms with E-state index in [9.17, 15) is 4.79 Å². The van der Waals surface area contributed by atoms with E-state index >= 15 is 0 Å². The van der Waals surface area contributed by atoms with E-state index in [2.05, 4.69) is 47.6 Å². The molecule has 1 spiro atoms. The van der Waals surface area contributed by atoms with Crippen LogP contribution in [-0.2, 0) is 11.3 Å². The number of likely N-dealkylation sites (tertiary alicyclic amines) is 2. The fourth-order valence-electron chi connectivity index (χ4n) is 4.26. The average Bonchev–Trinajstić information content (AvgIpc) is 3.05. The maximum Gasteiger partial charge on any atom is 0.240 e. The average molecular weight is 363 g/mol. The van der Waals surface area contributed by atoms with Crippen molar-refractivity contribution < 1.29 is 9.32 Å². The third-order valence-corrected chi connectivity index (χ3v) is 5.82. The van der Waals surface area contributed by atoms with E-state index in [1.165, 1.54) is 12.8 Å². The highest BCUT2D eigenvalue weighted by Gasteiger charge is 2.41. The van der Waals surface area contributed by atoms with Gasteiger partial charge in [-0.05, 0) is 38.1 Å². The van der Waals surface area contributed by atoms with Gasteiger partial charge in [-0.15, -0.1) is 0 Å². The minimum atomic E-state index is 0.240. The third-order valence-electron chi connectivity index (χ3n) is 5.82. The van der Waals surface area contributed by atoms with Gasteiger partial charge in [-0.25, -0.2) is 0 Å². The van der Waals surface area contributed by atoms with Crippen LogP contribution < -0.4 is 0 Å². The smallest absolute Gasteiger partial charge is 0.240 e. The zero-order valence-electron chi connectivity index (χ0n) is 16.8. The van der Waals surface area contributed by atoms with Gasteiger partial charge < -0.3 is 9.42 Å². The Labute approximate surface area is 157 Å². The number of hydrogen-bond donors (Lipinski definition) is 0. The van der Waals surface area contributed by atoms with Crippen LogP contribution in [0.4, 0.5) is 0 Å². The molecule has 0 aromatic carbocycles. The highest BCUT2D eigenvalue weighted by Crippen LogP contribution is 2.39. The number of carbonyl (C=O) groups is 1. The molecule has 26 heavy (non-hydrogen) atoms. The SMILES string of the molecule is CC(C)CCN1C[C@@]2(CCCN(Cc3nc(C(C)C)no3)C2)CCC1=O. The second kappa shape index (κ2) is 8.07. The molecule has 1 amide bonds. The highest BCUT2D eigenvalue weighted by molar-refractivity contribution is 5.77. The summed E-state index contributed by atoms with van der Waals surface area (Å²) in [7, 11) is 0. The lowest BCUT2D eigenvalue weighted by atomic mass is 9.73. The zero-order valence-corrected chi connectivity index (χ0v) is 16.8. The van der Waals surface area contributed by atoms with Crippen molar-refractivity contribution >= 4 is 5.91 Å². The first-order valence-corrected chi connectivity index (χ1v) is 10.2. The van der Waals surface area contributed by atoms with E-state index in [1.807, 2.05) is 0 Å². The van der Waals surface area contributed by atoms with Crippen LogP contribution in [0.25, 0.3) is 0 Å². The monoisotopic (exact) mass is 362 g/mol. The third kappa shape index (κ3) is 4.64. The molecule has 0 N–H and O–H groups in total. The number of carbonyl (C=O) groups excluding carboxylic acids is 1. The van der Waals surface area contributed by atoms with E-state index < -0.39 is 0 Å². The minimum Gasteiger partial charge on any atom is -0.342 e. The molecule has 0 aliphatic carbocycles. The minimum absolute atomic E-state index is 0.240. The predicted molar refractivity (Wildman–Crippen MR) is 101 cm³/mol. The molecule has 0 radical (unpaired) electrons. The van der Waals surface area contributed by atoms with Gasteiger partial charge in [0.05, 0.1) is 6.54 Å². The van der Waals surface area contributed by atoms with Crippen LogP contribution in [0.1, 0.15) is 77.4 Å². The molecule has 0 saturated carbocycles. The Balaban J connectivity index is 1.61. The molecule has 3 heterocycles. The Morgan fingerprint density at radius 1 is 1.19 bits per heavy atom. The molecule has 1 aromatic rings. The summed E-state index contributed by atoms with van der Waals surface area (Å²) in [5.74, 6) is 2.77. The molecule has 0 unspecified atom stereocenters. The van der Waals surface area contributed by atoms with E-state index in [-0.39, 0.29) is 5.41 Å². The molecular formula is C20H34N4O2. The number of nitrogens with zero attached hydrogens (tertiary/aromatic N) is 4. The predicted octanol–water partition coefficient (Wildman–Crippen LogP) is 3.44. The first kappa shape index (κ1) is 19.3. The van der Waals surface area contributed by atoms with Crippen LogP contribution in [-0.4, -0.2) is 52.0 Å². The van der Waals surface area contributed by atoms with Gasteiger partial charge in [0, 0.05) is 37.4 Å². The molecular weight excluding hydrogens is 328 g/mol. The molecule has 146 valence electrons. The molecule has 2 aliphatic rings. The lowest BCUT2D eigenvalue weighted by Crippen LogP contribution is -2.54. The first-order chi connectivity index (χ1) is 12.4. The Kier molecular flexibility index (Phi) is 6.00. The van der Waals surface area contributed by atoms with Crippen molar-refractivity contribution in [2.75, 3.05) is 26.2 Å². The molecule has 0 bridgehead atoms. The molecule has 6 heteroatoms. The molecule has 1 aromatic heterocycles. The summed E-state index contributed by atoms with van der Waals surface area (Å²) in [5.41, 5.74) is 0.240. The van der Waals surface area contributed by atoms with Crippen LogP contribution in [0.15, 0.2) is 4.52 Å². The normalized spacial score (nSPS) is 25.0.